The highest BCUT2D eigenvalue weighted by molar-refractivity contribution is 5.53. The number of carbonyl (C=O) groups is 1. The highest BCUT2D eigenvalue weighted by atomic mass is 16.1. The third-order valence-electron chi connectivity index (χ3n) is 2.63. The molecule has 1 amide bonds. The first-order chi connectivity index (χ1) is 7.20. The van der Waals surface area contributed by atoms with E-state index in [9.17, 15) is 4.79 Å². The SMILES string of the molecule is C/C=C\C1CC=CC(C(C)C)=C1NC=O. The first-order valence-electron chi connectivity index (χ1n) is 5.44. The molecule has 0 aromatic rings. The largest absolute Gasteiger partial charge is 0.331 e. The van der Waals surface area contributed by atoms with Crippen molar-refractivity contribution in [1.82, 2.24) is 5.32 Å². The Kier molecular flexibility index (Phi) is 4.35. The van der Waals surface area contributed by atoms with Crippen molar-refractivity contribution in [1.29, 1.82) is 0 Å². The van der Waals surface area contributed by atoms with E-state index in [4.69, 9.17) is 0 Å². The smallest absolute Gasteiger partial charge is 0.211 e. The molecule has 82 valence electrons. The summed E-state index contributed by atoms with van der Waals surface area (Å²) in [6.07, 6.45) is 10.2. The molecule has 0 radical (unpaired) electrons. The molecule has 2 heteroatoms. The lowest BCUT2D eigenvalue weighted by Crippen LogP contribution is -2.22. The lowest BCUT2D eigenvalue weighted by atomic mass is 9.87. The van der Waals surface area contributed by atoms with E-state index in [0.717, 1.165) is 18.5 Å². The Hall–Kier alpha value is -1.31. The molecular formula is C13H19NO. The fourth-order valence-electron chi connectivity index (χ4n) is 1.93. The summed E-state index contributed by atoms with van der Waals surface area (Å²) in [4.78, 5) is 10.6. The molecular weight excluding hydrogens is 186 g/mol. The Labute approximate surface area is 91.8 Å². The van der Waals surface area contributed by atoms with Crippen molar-refractivity contribution in [3.63, 3.8) is 0 Å². The molecule has 1 unspecified atom stereocenters. The van der Waals surface area contributed by atoms with Gasteiger partial charge in [0.2, 0.25) is 6.41 Å². The van der Waals surface area contributed by atoms with E-state index in [1.807, 2.05) is 13.0 Å². The van der Waals surface area contributed by atoms with E-state index in [1.54, 1.807) is 0 Å². The van der Waals surface area contributed by atoms with Crippen LogP contribution < -0.4 is 5.32 Å². The highest BCUT2D eigenvalue weighted by Gasteiger charge is 2.18. The van der Waals surface area contributed by atoms with Gasteiger partial charge in [-0.1, -0.05) is 38.2 Å². The third kappa shape index (κ3) is 2.82. The van der Waals surface area contributed by atoms with Crippen LogP contribution in [0.15, 0.2) is 35.6 Å². The minimum Gasteiger partial charge on any atom is -0.331 e. The van der Waals surface area contributed by atoms with Gasteiger partial charge >= 0.3 is 0 Å². The van der Waals surface area contributed by atoms with Gasteiger partial charge in [-0.05, 0) is 24.8 Å². The van der Waals surface area contributed by atoms with E-state index in [1.165, 1.54) is 5.57 Å². The maximum Gasteiger partial charge on any atom is 0.211 e. The summed E-state index contributed by atoms with van der Waals surface area (Å²) in [5.74, 6) is 0.763. The quantitative estimate of drug-likeness (QED) is 0.555. The molecule has 1 N–H and O–H groups in total. The van der Waals surface area contributed by atoms with Crippen molar-refractivity contribution < 1.29 is 4.79 Å². The van der Waals surface area contributed by atoms with Crippen molar-refractivity contribution in [3.05, 3.63) is 35.6 Å². The van der Waals surface area contributed by atoms with Crippen LogP contribution in [0.4, 0.5) is 0 Å². The van der Waals surface area contributed by atoms with Crippen LogP contribution in [-0.4, -0.2) is 6.41 Å². The average Bonchev–Trinajstić information content (AvgIpc) is 2.21. The van der Waals surface area contributed by atoms with Crippen molar-refractivity contribution >= 4 is 6.41 Å². The summed E-state index contributed by atoms with van der Waals surface area (Å²) in [5.41, 5.74) is 2.29. The lowest BCUT2D eigenvalue weighted by Gasteiger charge is -2.24. The van der Waals surface area contributed by atoms with Crippen LogP contribution >= 0.6 is 0 Å². The first-order valence-corrected chi connectivity index (χ1v) is 5.44. The van der Waals surface area contributed by atoms with Crippen molar-refractivity contribution in [2.45, 2.75) is 27.2 Å². The highest BCUT2D eigenvalue weighted by Crippen LogP contribution is 2.28. The molecule has 0 saturated heterocycles. The van der Waals surface area contributed by atoms with Gasteiger partial charge in [-0.2, -0.15) is 0 Å². The predicted molar refractivity (Wildman–Crippen MR) is 63.1 cm³/mol. The third-order valence-corrected chi connectivity index (χ3v) is 2.63. The molecule has 1 aliphatic carbocycles. The topological polar surface area (TPSA) is 29.1 Å². The number of nitrogens with one attached hydrogen (secondary N) is 1. The second-order valence-electron chi connectivity index (χ2n) is 4.06. The Morgan fingerprint density at radius 3 is 2.80 bits per heavy atom. The Morgan fingerprint density at radius 2 is 2.27 bits per heavy atom. The number of carbonyl (C=O) groups excluding carboxylic acids is 1. The molecule has 0 fully saturated rings. The Balaban J connectivity index is 3.04. The van der Waals surface area contributed by atoms with Crippen LogP contribution in [0.1, 0.15) is 27.2 Å². The van der Waals surface area contributed by atoms with E-state index >= 15 is 0 Å². The first kappa shape index (κ1) is 11.8. The molecule has 1 rings (SSSR count). The van der Waals surface area contributed by atoms with Crippen LogP contribution in [0, 0.1) is 11.8 Å². The second-order valence-corrected chi connectivity index (χ2v) is 4.06. The summed E-state index contributed by atoms with van der Waals surface area (Å²) >= 11 is 0. The zero-order valence-electron chi connectivity index (χ0n) is 9.66. The van der Waals surface area contributed by atoms with E-state index in [0.29, 0.717) is 11.8 Å². The molecule has 0 bridgehead atoms. The van der Waals surface area contributed by atoms with Gasteiger partial charge in [0.1, 0.15) is 0 Å². The van der Waals surface area contributed by atoms with Gasteiger partial charge in [0.05, 0.1) is 0 Å². The van der Waals surface area contributed by atoms with Gasteiger partial charge in [-0.3, -0.25) is 4.79 Å². The number of allylic oxidation sites excluding steroid dienone is 5. The van der Waals surface area contributed by atoms with Gasteiger partial charge in [-0.15, -0.1) is 0 Å². The van der Waals surface area contributed by atoms with Crippen LogP contribution in [0.25, 0.3) is 0 Å². The maximum absolute atomic E-state index is 10.6. The van der Waals surface area contributed by atoms with Gasteiger partial charge in [0, 0.05) is 11.6 Å². The molecule has 0 aromatic heterocycles. The second kappa shape index (κ2) is 5.54. The Morgan fingerprint density at radius 1 is 1.53 bits per heavy atom. The number of rotatable bonds is 4. The fraction of sp³-hybridized carbons (Fsp3) is 0.462. The zero-order valence-corrected chi connectivity index (χ0v) is 9.66. The molecule has 0 aromatic carbocycles. The minimum atomic E-state index is 0.322. The van der Waals surface area contributed by atoms with Crippen LogP contribution in [0.3, 0.4) is 0 Å². The molecule has 0 aliphatic heterocycles. The minimum absolute atomic E-state index is 0.322. The van der Waals surface area contributed by atoms with Gasteiger partial charge in [-0.25, -0.2) is 0 Å². The molecule has 15 heavy (non-hydrogen) atoms. The summed E-state index contributed by atoms with van der Waals surface area (Å²) in [6, 6.07) is 0. The van der Waals surface area contributed by atoms with E-state index in [-0.39, 0.29) is 0 Å². The normalized spacial score (nSPS) is 21.5. The van der Waals surface area contributed by atoms with Gasteiger partial charge < -0.3 is 5.32 Å². The summed E-state index contributed by atoms with van der Waals surface area (Å²) in [6.45, 7) is 6.29. The molecule has 1 atom stereocenters. The van der Waals surface area contributed by atoms with E-state index < -0.39 is 0 Å². The lowest BCUT2D eigenvalue weighted by molar-refractivity contribution is -0.109. The predicted octanol–water partition coefficient (Wildman–Crippen LogP) is 2.79. The monoisotopic (exact) mass is 205 g/mol. The van der Waals surface area contributed by atoms with E-state index in [2.05, 4.69) is 37.4 Å². The van der Waals surface area contributed by atoms with Crippen molar-refractivity contribution in [2.24, 2.45) is 11.8 Å². The molecule has 0 heterocycles. The Bertz CT molecular complexity index is 310. The zero-order chi connectivity index (χ0) is 11.3. The van der Waals surface area contributed by atoms with Crippen LogP contribution in [0.5, 0.6) is 0 Å². The van der Waals surface area contributed by atoms with Crippen LogP contribution in [-0.2, 0) is 4.79 Å². The number of amides is 1. The van der Waals surface area contributed by atoms with Gasteiger partial charge in [0.15, 0.2) is 0 Å². The fourth-order valence-corrected chi connectivity index (χ4v) is 1.93. The van der Waals surface area contributed by atoms with Crippen LogP contribution in [0.2, 0.25) is 0 Å². The average molecular weight is 205 g/mol. The molecule has 0 spiro atoms. The summed E-state index contributed by atoms with van der Waals surface area (Å²) < 4.78 is 0. The molecule has 0 saturated carbocycles. The van der Waals surface area contributed by atoms with Crippen molar-refractivity contribution in [3.8, 4) is 0 Å². The summed E-state index contributed by atoms with van der Waals surface area (Å²) in [5, 5.41) is 2.85. The maximum atomic E-state index is 10.6. The summed E-state index contributed by atoms with van der Waals surface area (Å²) in [7, 11) is 0. The number of hydrogen-bond acceptors (Lipinski definition) is 1. The standard InChI is InChI=1S/C13H19NO/c1-4-6-11-7-5-8-12(10(2)3)13(11)14-9-15/h4-6,8-11H,7H2,1-3H3,(H,14,15)/b6-4-. The van der Waals surface area contributed by atoms with Crippen molar-refractivity contribution in [2.75, 3.05) is 0 Å². The molecule has 2 nitrogen and oxygen atoms in total. The number of hydrogen-bond donors (Lipinski definition) is 1. The molecule has 1 aliphatic rings. The van der Waals surface area contributed by atoms with Gasteiger partial charge in [0.25, 0.3) is 0 Å².